The van der Waals surface area contributed by atoms with E-state index < -0.39 is 0 Å². The molecule has 0 saturated carbocycles. The average Bonchev–Trinajstić information content (AvgIpc) is 2.46. The van der Waals surface area contributed by atoms with Gasteiger partial charge < -0.3 is 15.2 Å². The number of hydrogen-bond acceptors (Lipinski definition) is 5. The number of nitrogens with zero attached hydrogens (tertiary/aromatic N) is 2. The summed E-state index contributed by atoms with van der Waals surface area (Å²) in [4.78, 5) is 8.40. The van der Waals surface area contributed by atoms with Crippen molar-refractivity contribution in [1.82, 2.24) is 9.97 Å². The smallest absolute Gasteiger partial charge is 0.238 e. The SMILES string of the molecule is COc1ccc(Oc2cncc(CN)n2)c(C(C)(C)C)c1. The zero-order valence-corrected chi connectivity index (χ0v) is 12.9. The molecule has 1 aromatic carbocycles. The van der Waals surface area contributed by atoms with Crippen LogP contribution in [0.1, 0.15) is 32.0 Å². The molecule has 0 fully saturated rings. The molecule has 0 aliphatic heterocycles. The average molecular weight is 287 g/mol. The van der Waals surface area contributed by atoms with E-state index in [0.29, 0.717) is 18.1 Å². The molecule has 2 N–H and O–H groups in total. The Hall–Kier alpha value is -2.14. The minimum absolute atomic E-state index is 0.0806. The predicted octanol–water partition coefficient (Wildman–Crippen LogP) is 3.03. The van der Waals surface area contributed by atoms with Crippen molar-refractivity contribution in [2.24, 2.45) is 5.73 Å². The molecule has 5 heteroatoms. The van der Waals surface area contributed by atoms with Crippen molar-refractivity contribution >= 4 is 0 Å². The molecule has 0 aliphatic rings. The molecule has 0 atom stereocenters. The topological polar surface area (TPSA) is 70.3 Å². The highest BCUT2D eigenvalue weighted by molar-refractivity contribution is 5.45. The maximum absolute atomic E-state index is 5.89. The second-order valence-corrected chi connectivity index (χ2v) is 5.77. The number of hydrogen-bond donors (Lipinski definition) is 1. The summed E-state index contributed by atoms with van der Waals surface area (Å²) in [6.45, 7) is 6.70. The van der Waals surface area contributed by atoms with E-state index in [4.69, 9.17) is 15.2 Å². The summed E-state index contributed by atoms with van der Waals surface area (Å²) in [5.74, 6) is 1.98. The molecule has 0 saturated heterocycles. The zero-order valence-electron chi connectivity index (χ0n) is 12.9. The largest absolute Gasteiger partial charge is 0.497 e. The number of aromatic nitrogens is 2. The van der Waals surface area contributed by atoms with E-state index in [-0.39, 0.29) is 5.41 Å². The Kier molecular flexibility index (Phi) is 4.43. The Labute approximate surface area is 125 Å². The highest BCUT2D eigenvalue weighted by Crippen LogP contribution is 2.36. The van der Waals surface area contributed by atoms with Gasteiger partial charge in [-0.1, -0.05) is 20.8 Å². The monoisotopic (exact) mass is 287 g/mol. The number of benzene rings is 1. The van der Waals surface area contributed by atoms with Crippen molar-refractivity contribution < 1.29 is 9.47 Å². The molecule has 0 unspecified atom stereocenters. The van der Waals surface area contributed by atoms with Crippen LogP contribution in [0.3, 0.4) is 0 Å². The van der Waals surface area contributed by atoms with Crippen LogP contribution in [-0.2, 0) is 12.0 Å². The Morgan fingerprint density at radius 1 is 1.19 bits per heavy atom. The predicted molar refractivity (Wildman–Crippen MR) is 81.7 cm³/mol. The summed E-state index contributed by atoms with van der Waals surface area (Å²) < 4.78 is 11.2. The number of nitrogens with two attached hydrogens (primary N) is 1. The van der Waals surface area contributed by atoms with Crippen LogP contribution in [0.4, 0.5) is 0 Å². The first-order chi connectivity index (χ1) is 9.94. The molecular formula is C16H21N3O2. The lowest BCUT2D eigenvalue weighted by molar-refractivity contribution is 0.404. The first-order valence-electron chi connectivity index (χ1n) is 6.81. The molecule has 5 nitrogen and oxygen atoms in total. The molecule has 1 aromatic heterocycles. The van der Waals surface area contributed by atoms with Gasteiger partial charge in [-0.25, -0.2) is 4.98 Å². The van der Waals surface area contributed by atoms with Gasteiger partial charge in [0.25, 0.3) is 0 Å². The van der Waals surface area contributed by atoms with E-state index in [1.807, 2.05) is 18.2 Å². The van der Waals surface area contributed by atoms with Crippen LogP contribution >= 0.6 is 0 Å². The van der Waals surface area contributed by atoms with Crippen molar-refractivity contribution in [3.05, 3.63) is 41.9 Å². The molecule has 21 heavy (non-hydrogen) atoms. The molecule has 0 radical (unpaired) electrons. The maximum atomic E-state index is 5.89. The highest BCUT2D eigenvalue weighted by atomic mass is 16.5. The first-order valence-corrected chi connectivity index (χ1v) is 6.81. The van der Waals surface area contributed by atoms with E-state index >= 15 is 0 Å². The quantitative estimate of drug-likeness (QED) is 0.936. The molecule has 0 bridgehead atoms. The van der Waals surface area contributed by atoms with Gasteiger partial charge in [0.05, 0.1) is 19.0 Å². The van der Waals surface area contributed by atoms with Crippen LogP contribution in [0.15, 0.2) is 30.6 Å². The fraction of sp³-hybridized carbons (Fsp3) is 0.375. The van der Waals surface area contributed by atoms with Crippen molar-refractivity contribution in [2.75, 3.05) is 7.11 Å². The zero-order chi connectivity index (χ0) is 15.5. The third-order valence-electron chi connectivity index (χ3n) is 3.08. The number of ether oxygens (including phenoxy) is 2. The van der Waals surface area contributed by atoms with Gasteiger partial charge >= 0.3 is 0 Å². The van der Waals surface area contributed by atoms with E-state index in [1.54, 1.807) is 19.5 Å². The summed E-state index contributed by atoms with van der Waals surface area (Å²) in [6, 6.07) is 5.73. The van der Waals surface area contributed by atoms with Gasteiger partial charge in [0, 0.05) is 18.3 Å². The highest BCUT2D eigenvalue weighted by Gasteiger charge is 2.20. The molecule has 0 amide bonds. The first kappa shape index (κ1) is 15.3. The fourth-order valence-corrected chi connectivity index (χ4v) is 1.96. The Balaban J connectivity index is 2.39. The van der Waals surface area contributed by atoms with Crippen LogP contribution in [0.25, 0.3) is 0 Å². The number of rotatable bonds is 4. The van der Waals surface area contributed by atoms with Gasteiger partial charge in [-0.3, -0.25) is 4.98 Å². The van der Waals surface area contributed by atoms with E-state index in [1.165, 1.54) is 0 Å². The number of methoxy groups -OCH3 is 1. The molecule has 112 valence electrons. The minimum atomic E-state index is -0.0806. The molecule has 0 aliphatic carbocycles. The van der Waals surface area contributed by atoms with E-state index in [0.717, 1.165) is 17.1 Å². The van der Waals surface area contributed by atoms with Gasteiger partial charge in [-0.2, -0.15) is 0 Å². The second-order valence-electron chi connectivity index (χ2n) is 5.77. The van der Waals surface area contributed by atoms with Gasteiger partial charge in [0.1, 0.15) is 11.5 Å². The fourth-order valence-electron chi connectivity index (χ4n) is 1.96. The third kappa shape index (κ3) is 3.70. The van der Waals surface area contributed by atoms with Crippen molar-refractivity contribution in [3.8, 4) is 17.4 Å². The lowest BCUT2D eigenvalue weighted by atomic mass is 9.86. The summed E-state index contributed by atoms with van der Waals surface area (Å²) in [5.41, 5.74) is 7.23. The van der Waals surface area contributed by atoms with Crippen molar-refractivity contribution in [1.29, 1.82) is 0 Å². The maximum Gasteiger partial charge on any atom is 0.238 e. The molecule has 0 spiro atoms. The van der Waals surface area contributed by atoms with Crippen molar-refractivity contribution in [3.63, 3.8) is 0 Å². The van der Waals surface area contributed by atoms with Gasteiger partial charge in [-0.05, 0) is 23.6 Å². The van der Waals surface area contributed by atoms with Crippen molar-refractivity contribution in [2.45, 2.75) is 32.7 Å². The van der Waals surface area contributed by atoms with Crippen LogP contribution in [0.5, 0.6) is 17.4 Å². The molecular weight excluding hydrogens is 266 g/mol. The summed E-state index contributed by atoms with van der Waals surface area (Å²) in [6.07, 6.45) is 3.21. The summed E-state index contributed by atoms with van der Waals surface area (Å²) >= 11 is 0. The van der Waals surface area contributed by atoms with Gasteiger partial charge in [-0.15, -0.1) is 0 Å². The molecule has 2 aromatic rings. The van der Waals surface area contributed by atoms with Gasteiger partial charge in [0.2, 0.25) is 5.88 Å². The van der Waals surface area contributed by atoms with Gasteiger partial charge in [0.15, 0.2) is 0 Å². The van der Waals surface area contributed by atoms with Crippen LogP contribution in [0.2, 0.25) is 0 Å². The standard InChI is InChI=1S/C16H21N3O2/c1-16(2,3)13-7-12(20-4)5-6-14(13)21-15-10-18-9-11(8-17)19-15/h5-7,9-10H,8,17H2,1-4H3. The summed E-state index contributed by atoms with van der Waals surface area (Å²) in [5, 5.41) is 0. The van der Waals surface area contributed by atoms with Crippen LogP contribution in [0, 0.1) is 0 Å². The minimum Gasteiger partial charge on any atom is -0.497 e. The Bertz CT molecular complexity index is 621. The molecule has 2 rings (SSSR count). The molecule has 1 heterocycles. The van der Waals surface area contributed by atoms with E-state index in [2.05, 4.69) is 30.7 Å². The third-order valence-corrected chi connectivity index (χ3v) is 3.08. The summed E-state index contributed by atoms with van der Waals surface area (Å²) in [7, 11) is 1.65. The second kappa shape index (κ2) is 6.10. The van der Waals surface area contributed by atoms with Crippen LogP contribution in [-0.4, -0.2) is 17.1 Å². The lowest BCUT2D eigenvalue weighted by Gasteiger charge is -2.23. The van der Waals surface area contributed by atoms with E-state index in [9.17, 15) is 0 Å². The normalized spacial score (nSPS) is 11.3. The Morgan fingerprint density at radius 2 is 1.95 bits per heavy atom. The Morgan fingerprint density at radius 3 is 2.57 bits per heavy atom. The lowest BCUT2D eigenvalue weighted by Crippen LogP contribution is -2.13. The van der Waals surface area contributed by atoms with Crippen LogP contribution < -0.4 is 15.2 Å².